The molecule has 0 aromatic heterocycles. The number of hydrogen-bond acceptors (Lipinski definition) is 4. The van der Waals surface area contributed by atoms with Crippen molar-refractivity contribution < 1.29 is 9.47 Å². The van der Waals surface area contributed by atoms with Crippen LogP contribution in [0.4, 0.5) is 0 Å². The van der Waals surface area contributed by atoms with Crippen molar-refractivity contribution in [1.82, 2.24) is 0 Å². The lowest BCUT2D eigenvalue weighted by molar-refractivity contribution is 0.180. The maximum Gasteiger partial charge on any atom is 0.139 e. The molecule has 2 unspecified atom stereocenters. The number of hydrogen-bond donors (Lipinski definition) is 1. The summed E-state index contributed by atoms with van der Waals surface area (Å²) in [5.41, 5.74) is 7.11. The maximum absolute atomic E-state index is 6.09. The quantitative estimate of drug-likeness (QED) is 0.822. The average molecular weight is 303 g/mol. The van der Waals surface area contributed by atoms with Crippen molar-refractivity contribution in [3.63, 3.8) is 0 Å². The lowest BCUT2D eigenvalue weighted by Crippen LogP contribution is -2.29. The van der Waals surface area contributed by atoms with Crippen LogP contribution in [-0.4, -0.2) is 19.4 Å². The lowest BCUT2D eigenvalue weighted by Gasteiger charge is -2.23. The summed E-state index contributed by atoms with van der Waals surface area (Å²) in [6, 6.07) is 15.7. The van der Waals surface area contributed by atoms with Crippen LogP contribution in [-0.2, 0) is 0 Å². The van der Waals surface area contributed by atoms with Gasteiger partial charge in [-0.2, -0.15) is 0 Å². The molecule has 0 spiro atoms. The number of benzene rings is 2. The van der Waals surface area contributed by atoms with Gasteiger partial charge in [-0.3, -0.25) is 0 Å². The van der Waals surface area contributed by atoms with Gasteiger partial charge in [-0.1, -0.05) is 12.1 Å². The van der Waals surface area contributed by atoms with E-state index in [9.17, 15) is 0 Å². The van der Waals surface area contributed by atoms with E-state index in [2.05, 4.69) is 6.26 Å². The minimum Gasteiger partial charge on any atom is -0.497 e. The molecule has 2 aromatic carbocycles. The van der Waals surface area contributed by atoms with Crippen LogP contribution in [0.2, 0.25) is 0 Å². The molecule has 2 rings (SSSR count). The summed E-state index contributed by atoms with van der Waals surface area (Å²) in [5.74, 6) is 1.62. The summed E-state index contributed by atoms with van der Waals surface area (Å²) >= 11 is 1.71. The number of ether oxygens (including phenoxy) is 2. The van der Waals surface area contributed by atoms with Gasteiger partial charge in [0.2, 0.25) is 0 Å². The van der Waals surface area contributed by atoms with Crippen molar-refractivity contribution in [1.29, 1.82) is 0 Å². The molecule has 0 fully saturated rings. The predicted molar refractivity (Wildman–Crippen MR) is 88.2 cm³/mol. The van der Waals surface area contributed by atoms with E-state index in [0.29, 0.717) is 0 Å². The van der Waals surface area contributed by atoms with Gasteiger partial charge in [0.15, 0.2) is 0 Å². The maximum atomic E-state index is 6.09. The second-order valence-corrected chi connectivity index (χ2v) is 5.73. The van der Waals surface area contributed by atoms with Gasteiger partial charge in [-0.25, -0.2) is 0 Å². The second-order valence-electron chi connectivity index (χ2n) is 4.85. The molecule has 112 valence electrons. The van der Waals surface area contributed by atoms with E-state index >= 15 is 0 Å². The zero-order valence-corrected chi connectivity index (χ0v) is 13.4. The Hall–Kier alpha value is -1.65. The van der Waals surface area contributed by atoms with E-state index in [-0.39, 0.29) is 12.1 Å². The zero-order valence-electron chi connectivity index (χ0n) is 12.6. The van der Waals surface area contributed by atoms with Crippen molar-refractivity contribution in [2.24, 2.45) is 5.73 Å². The van der Waals surface area contributed by atoms with Gasteiger partial charge in [-0.15, -0.1) is 11.8 Å². The van der Waals surface area contributed by atoms with E-state index < -0.39 is 0 Å². The van der Waals surface area contributed by atoms with E-state index in [1.807, 2.05) is 55.5 Å². The van der Waals surface area contributed by atoms with Crippen molar-refractivity contribution in [3.05, 3.63) is 54.1 Å². The van der Waals surface area contributed by atoms with Gasteiger partial charge >= 0.3 is 0 Å². The molecular formula is C17H21NO2S. The molecular weight excluding hydrogens is 282 g/mol. The number of rotatable bonds is 6. The minimum atomic E-state index is -0.208. The van der Waals surface area contributed by atoms with Crippen LogP contribution in [0.3, 0.4) is 0 Å². The number of methoxy groups -OCH3 is 1. The Morgan fingerprint density at radius 3 is 2.33 bits per heavy atom. The fourth-order valence-corrected chi connectivity index (χ4v) is 2.51. The number of thioether (sulfide) groups is 1. The topological polar surface area (TPSA) is 44.5 Å². The summed E-state index contributed by atoms with van der Waals surface area (Å²) in [5, 5.41) is 0. The fraction of sp³-hybridized carbons (Fsp3) is 0.294. The van der Waals surface area contributed by atoms with Crippen molar-refractivity contribution >= 4 is 11.8 Å². The molecule has 0 aliphatic rings. The highest BCUT2D eigenvalue weighted by Crippen LogP contribution is 2.28. The van der Waals surface area contributed by atoms with Gasteiger partial charge in [-0.05, 0) is 55.1 Å². The van der Waals surface area contributed by atoms with Crippen LogP contribution in [0.5, 0.6) is 11.5 Å². The van der Waals surface area contributed by atoms with Crippen molar-refractivity contribution in [2.75, 3.05) is 13.4 Å². The first-order chi connectivity index (χ1) is 10.1. The van der Waals surface area contributed by atoms with E-state index in [1.165, 1.54) is 4.90 Å². The molecule has 0 aliphatic heterocycles. The van der Waals surface area contributed by atoms with Crippen LogP contribution in [0.25, 0.3) is 0 Å². The Bertz CT molecular complexity index is 569. The van der Waals surface area contributed by atoms with Crippen LogP contribution >= 0.6 is 11.8 Å². The number of nitrogens with two attached hydrogens (primary N) is 1. The fourth-order valence-electron chi connectivity index (χ4n) is 2.10. The monoisotopic (exact) mass is 303 g/mol. The largest absolute Gasteiger partial charge is 0.497 e. The van der Waals surface area contributed by atoms with Crippen LogP contribution in [0, 0.1) is 0 Å². The Kier molecular flexibility index (Phi) is 5.53. The highest BCUT2D eigenvalue weighted by Gasteiger charge is 2.18. The minimum absolute atomic E-state index is 0.127. The van der Waals surface area contributed by atoms with Crippen molar-refractivity contribution in [2.45, 2.75) is 24.0 Å². The second kappa shape index (κ2) is 7.38. The molecule has 2 atom stereocenters. The summed E-state index contributed by atoms with van der Waals surface area (Å²) in [6.07, 6.45) is 1.84. The lowest BCUT2D eigenvalue weighted by atomic mass is 10.0. The third kappa shape index (κ3) is 4.16. The molecule has 3 nitrogen and oxygen atoms in total. The molecule has 0 bridgehead atoms. The van der Waals surface area contributed by atoms with Gasteiger partial charge < -0.3 is 15.2 Å². The summed E-state index contributed by atoms with van der Waals surface area (Å²) in [4.78, 5) is 1.21. The van der Waals surface area contributed by atoms with E-state index in [4.69, 9.17) is 15.2 Å². The van der Waals surface area contributed by atoms with Gasteiger partial charge in [0.1, 0.15) is 17.6 Å². The summed E-state index contributed by atoms with van der Waals surface area (Å²) < 4.78 is 11.3. The highest BCUT2D eigenvalue weighted by atomic mass is 32.2. The first-order valence-electron chi connectivity index (χ1n) is 6.84. The van der Waals surface area contributed by atoms with Gasteiger partial charge in [0.05, 0.1) is 7.11 Å². The SMILES string of the molecule is COc1cccc(C(Oc2ccc(SC)cc2)C(C)N)c1. The molecule has 0 saturated heterocycles. The predicted octanol–water partition coefficient (Wildman–Crippen LogP) is 3.88. The molecule has 21 heavy (non-hydrogen) atoms. The Balaban J connectivity index is 2.21. The smallest absolute Gasteiger partial charge is 0.139 e. The molecule has 0 heterocycles. The molecule has 0 saturated carbocycles. The Morgan fingerprint density at radius 1 is 1.05 bits per heavy atom. The normalized spacial score (nSPS) is 13.5. The Labute approximate surface area is 130 Å². The first kappa shape index (κ1) is 15.7. The molecule has 0 radical (unpaired) electrons. The third-order valence-corrected chi connectivity index (χ3v) is 3.97. The summed E-state index contributed by atoms with van der Waals surface area (Å²) in [6.45, 7) is 1.94. The van der Waals surface area contributed by atoms with E-state index in [0.717, 1.165) is 17.1 Å². The van der Waals surface area contributed by atoms with E-state index in [1.54, 1.807) is 18.9 Å². The Morgan fingerprint density at radius 2 is 1.76 bits per heavy atom. The van der Waals surface area contributed by atoms with Gasteiger partial charge in [0, 0.05) is 10.9 Å². The zero-order chi connectivity index (χ0) is 15.2. The average Bonchev–Trinajstić information content (AvgIpc) is 2.53. The van der Waals surface area contributed by atoms with Crippen molar-refractivity contribution in [3.8, 4) is 11.5 Å². The molecule has 2 aromatic rings. The van der Waals surface area contributed by atoms with Crippen LogP contribution in [0.15, 0.2) is 53.4 Å². The van der Waals surface area contributed by atoms with Crippen LogP contribution < -0.4 is 15.2 Å². The van der Waals surface area contributed by atoms with Gasteiger partial charge in [0.25, 0.3) is 0 Å². The molecule has 0 aliphatic carbocycles. The van der Waals surface area contributed by atoms with Crippen LogP contribution in [0.1, 0.15) is 18.6 Å². The summed E-state index contributed by atoms with van der Waals surface area (Å²) in [7, 11) is 1.65. The highest BCUT2D eigenvalue weighted by molar-refractivity contribution is 7.98. The molecule has 4 heteroatoms. The first-order valence-corrected chi connectivity index (χ1v) is 8.06. The molecule has 2 N–H and O–H groups in total. The standard InChI is InChI=1S/C17H21NO2S/c1-12(18)17(13-5-4-6-15(11-13)19-2)20-14-7-9-16(21-3)10-8-14/h4-12,17H,18H2,1-3H3. The third-order valence-electron chi connectivity index (χ3n) is 3.22. The molecule has 0 amide bonds.